The normalized spacial score (nSPS) is 24.0. The summed E-state index contributed by atoms with van der Waals surface area (Å²) < 4.78 is 7.88. The maximum Gasteiger partial charge on any atom is -1.00 e. The van der Waals surface area contributed by atoms with Gasteiger partial charge in [-0.15, -0.1) is 0 Å². The Balaban J connectivity index is 0.00000242. The second-order valence-electron chi connectivity index (χ2n) is 7.17. The molecule has 2 aliphatic rings. The number of halogens is 2. The molecule has 0 aromatic heterocycles. The monoisotopic (exact) mass is 389 g/mol. The van der Waals surface area contributed by atoms with E-state index in [1.807, 2.05) is 0 Å². The minimum absolute atomic E-state index is 0. The van der Waals surface area contributed by atoms with E-state index in [4.69, 9.17) is 4.74 Å². The Morgan fingerprint density at radius 3 is 2.39 bits per heavy atom. The first kappa shape index (κ1) is 23.2. The van der Waals surface area contributed by atoms with Crippen LogP contribution in [0.1, 0.15) is 53.9 Å². The van der Waals surface area contributed by atoms with E-state index in [1.54, 1.807) is 0 Å². The number of allylic oxidation sites excluding steroid dienone is 5. The molecule has 127 valence electrons. The molecule has 1 nitrogen and oxygen atoms in total. The van der Waals surface area contributed by atoms with Gasteiger partial charge < -0.3 is 24.8 Å². The summed E-state index contributed by atoms with van der Waals surface area (Å²) in [5.74, 6) is 0. The number of hydrogen-bond donors (Lipinski definition) is 0. The van der Waals surface area contributed by atoms with Crippen molar-refractivity contribution in [2.24, 2.45) is 5.41 Å². The van der Waals surface area contributed by atoms with Crippen molar-refractivity contribution in [1.29, 1.82) is 0 Å². The van der Waals surface area contributed by atoms with E-state index in [2.05, 4.69) is 79.4 Å². The predicted octanol–water partition coefficient (Wildman–Crippen LogP) is -0.757. The van der Waals surface area contributed by atoms with Crippen molar-refractivity contribution < 1.29 is 50.0 Å². The fourth-order valence-corrected chi connectivity index (χ4v) is 3.86. The van der Waals surface area contributed by atoms with Crippen molar-refractivity contribution in [3.63, 3.8) is 0 Å². The van der Waals surface area contributed by atoms with Crippen molar-refractivity contribution in [3.05, 3.63) is 44.9 Å². The molecule has 0 radical (unpaired) electrons. The first-order chi connectivity index (χ1) is 9.78. The molecule has 0 aliphatic heterocycles. The van der Waals surface area contributed by atoms with Crippen molar-refractivity contribution in [2.45, 2.75) is 59.5 Å². The average molecular weight is 390 g/mol. The van der Waals surface area contributed by atoms with Crippen LogP contribution < -0.4 is 24.8 Å². The molecule has 0 spiro atoms. The van der Waals surface area contributed by atoms with Gasteiger partial charge in [0.2, 0.25) is 0 Å². The Bertz CT molecular complexity index is 538. The molecule has 0 saturated carbocycles. The zero-order valence-electron chi connectivity index (χ0n) is 14.8. The summed E-state index contributed by atoms with van der Waals surface area (Å²) in [5.41, 5.74) is 4.23. The zero-order valence-corrected chi connectivity index (χ0v) is 17.9. The Morgan fingerprint density at radius 1 is 1.26 bits per heavy atom. The molecule has 0 N–H and O–H groups in total. The van der Waals surface area contributed by atoms with E-state index in [0.717, 1.165) is 25.9 Å². The fourth-order valence-electron chi connectivity index (χ4n) is 3.41. The molecule has 0 amide bonds. The first-order valence-corrected chi connectivity index (χ1v) is 8.70. The van der Waals surface area contributed by atoms with E-state index in [0.29, 0.717) is 0 Å². The standard InChI is InChI=1S/C19H27O.2ClH.Ti/c1-6-20-19(14-16-9-7-8-10-16)12-11-15(2)13-17(19)18(3,4)5;;;/h7,9,11,13H,6,8,12,14H2,1-5H3;2*1H;/q;;;+2/p-2. The van der Waals surface area contributed by atoms with Crippen molar-refractivity contribution in [1.82, 2.24) is 0 Å². The minimum Gasteiger partial charge on any atom is -1.00 e. The summed E-state index contributed by atoms with van der Waals surface area (Å²) in [6.45, 7) is 12.0. The second kappa shape index (κ2) is 9.06. The molecule has 2 rings (SSSR count). The summed E-state index contributed by atoms with van der Waals surface area (Å²) >= 11 is 2.25. The molecular weight excluding hydrogens is 363 g/mol. The van der Waals surface area contributed by atoms with Gasteiger partial charge in [0.25, 0.3) is 0 Å². The molecule has 1 atom stereocenters. The largest absolute Gasteiger partial charge is 1.00 e. The molecule has 0 heterocycles. The van der Waals surface area contributed by atoms with Crippen LogP contribution in [0.4, 0.5) is 0 Å². The van der Waals surface area contributed by atoms with Gasteiger partial charge in [0, 0.05) is 0 Å². The molecule has 1 unspecified atom stereocenters. The van der Waals surface area contributed by atoms with Crippen LogP contribution in [0.3, 0.4) is 0 Å². The van der Waals surface area contributed by atoms with Crippen LogP contribution in [0.15, 0.2) is 44.9 Å². The maximum absolute atomic E-state index is 6.39. The molecule has 2 aliphatic carbocycles. The number of ether oxygens (including phenoxy) is 1. The van der Waals surface area contributed by atoms with Gasteiger partial charge in [0.05, 0.1) is 0 Å². The Labute approximate surface area is 165 Å². The van der Waals surface area contributed by atoms with E-state index >= 15 is 0 Å². The maximum atomic E-state index is 6.39. The van der Waals surface area contributed by atoms with Crippen LogP contribution in [0.2, 0.25) is 0 Å². The van der Waals surface area contributed by atoms with Crippen molar-refractivity contribution >= 4 is 0 Å². The second-order valence-corrected chi connectivity index (χ2v) is 8.12. The Kier molecular flexibility index (Phi) is 9.15. The van der Waals surface area contributed by atoms with Crippen LogP contribution in [-0.4, -0.2) is 12.2 Å². The third-order valence-electron chi connectivity index (χ3n) is 4.35. The van der Waals surface area contributed by atoms with Gasteiger partial charge in [0.1, 0.15) is 0 Å². The molecule has 0 aromatic carbocycles. The molecule has 0 fully saturated rings. The summed E-state index contributed by atoms with van der Waals surface area (Å²) in [6.07, 6.45) is 12.3. The van der Waals surface area contributed by atoms with E-state index in [1.165, 1.54) is 20.6 Å². The number of hydrogen-bond acceptors (Lipinski definition) is 1. The van der Waals surface area contributed by atoms with Gasteiger partial charge in [-0.1, -0.05) is 0 Å². The minimum atomic E-state index is -0.169. The van der Waals surface area contributed by atoms with Crippen LogP contribution >= 0.6 is 0 Å². The summed E-state index contributed by atoms with van der Waals surface area (Å²) in [6, 6.07) is 0. The van der Waals surface area contributed by atoms with Crippen LogP contribution in [0.5, 0.6) is 0 Å². The molecule has 0 saturated heterocycles. The molecule has 23 heavy (non-hydrogen) atoms. The fraction of sp³-hybridized carbons (Fsp3) is 0.579. The topological polar surface area (TPSA) is 9.23 Å². The first-order valence-electron chi connectivity index (χ1n) is 7.92. The number of rotatable bonds is 4. The molecule has 0 bridgehead atoms. The van der Waals surface area contributed by atoms with Gasteiger partial charge in [-0.2, -0.15) is 0 Å². The SMILES string of the molecule is CCOC1(CC2=[C]([Ti+2])CC=C2)CC=C(C)C=C1C(C)(C)C.[Cl-].[Cl-]. The third kappa shape index (κ3) is 5.34. The Morgan fingerprint density at radius 2 is 1.91 bits per heavy atom. The zero-order chi connectivity index (χ0) is 15.7. The van der Waals surface area contributed by atoms with Crippen LogP contribution in [0.25, 0.3) is 0 Å². The summed E-state index contributed by atoms with van der Waals surface area (Å²) in [7, 11) is 0. The molecule has 4 heteroatoms. The van der Waals surface area contributed by atoms with E-state index in [9.17, 15) is 0 Å². The van der Waals surface area contributed by atoms with Crippen molar-refractivity contribution in [2.75, 3.05) is 6.61 Å². The summed E-state index contributed by atoms with van der Waals surface area (Å²) in [5, 5.41) is 0. The predicted molar refractivity (Wildman–Crippen MR) is 85.7 cm³/mol. The Hall–Kier alpha value is 0.214. The average Bonchev–Trinajstić information content (AvgIpc) is 2.77. The molecular formula is C19H27Cl2OTi. The third-order valence-corrected chi connectivity index (χ3v) is 5.17. The van der Waals surface area contributed by atoms with Gasteiger partial charge in [-0.3, -0.25) is 0 Å². The molecule has 0 aromatic rings. The van der Waals surface area contributed by atoms with E-state index in [-0.39, 0.29) is 35.8 Å². The van der Waals surface area contributed by atoms with Crippen molar-refractivity contribution in [3.8, 4) is 0 Å². The summed E-state index contributed by atoms with van der Waals surface area (Å²) in [4.78, 5) is 0. The van der Waals surface area contributed by atoms with Gasteiger partial charge >= 0.3 is 142 Å². The van der Waals surface area contributed by atoms with E-state index < -0.39 is 0 Å². The van der Waals surface area contributed by atoms with Crippen LogP contribution in [0, 0.1) is 5.41 Å². The van der Waals surface area contributed by atoms with Crippen LogP contribution in [-0.2, 0) is 25.2 Å². The van der Waals surface area contributed by atoms with Gasteiger partial charge in [-0.25, -0.2) is 0 Å². The smallest absolute Gasteiger partial charge is 1.00 e. The van der Waals surface area contributed by atoms with Gasteiger partial charge in [0.15, 0.2) is 0 Å². The quantitative estimate of drug-likeness (QED) is 0.574. The van der Waals surface area contributed by atoms with Gasteiger partial charge in [-0.05, 0) is 0 Å².